The van der Waals surface area contributed by atoms with Gasteiger partial charge in [-0.15, -0.1) is 0 Å². The van der Waals surface area contributed by atoms with Gasteiger partial charge in [0, 0.05) is 28.5 Å². The molecule has 1 aromatic heterocycles. The summed E-state index contributed by atoms with van der Waals surface area (Å²) in [5, 5.41) is 16.9. The maximum Gasteiger partial charge on any atom is 0.266 e. The summed E-state index contributed by atoms with van der Waals surface area (Å²) >= 11 is 5.81. The number of nitriles is 1. The van der Waals surface area contributed by atoms with Crippen molar-refractivity contribution in [1.29, 1.82) is 5.26 Å². The molecule has 1 heterocycles. The van der Waals surface area contributed by atoms with Crippen molar-refractivity contribution in [2.75, 3.05) is 5.32 Å². The van der Waals surface area contributed by atoms with Crippen LogP contribution >= 0.6 is 11.6 Å². The lowest BCUT2D eigenvalue weighted by Crippen LogP contribution is -2.13. The normalized spacial score (nSPS) is 11.2. The predicted octanol–water partition coefficient (Wildman–Crippen LogP) is 3.72. The number of aromatic nitrogens is 2. The van der Waals surface area contributed by atoms with Crippen LogP contribution in [0.15, 0.2) is 29.8 Å². The zero-order valence-electron chi connectivity index (χ0n) is 13.2. The summed E-state index contributed by atoms with van der Waals surface area (Å²) in [6.07, 6.45) is 1.58. The monoisotopic (exact) mass is 328 g/mol. The van der Waals surface area contributed by atoms with E-state index in [0.717, 1.165) is 23.5 Å². The molecule has 2 rings (SSSR count). The molecular weight excluding hydrogens is 312 g/mol. The summed E-state index contributed by atoms with van der Waals surface area (Å²) in [5.41, 5.74) is 3.13. The number of nitrogens with zero attached hydrogens (tertiary/aromatic N) is 3. The van der Waals surface area contributed by atoms with Gasteiger partial charge in [-0.1, -0.05) is 11.6 Å². The highest BCUT2D eigenvalue weighted by Crippen LogP contribution is 2.18. The van der Waals surface area contributed by atoms with E-state index in [2.05, 4.69) is 10.4 Å². The third-order valence-corrected chi connectivity index (χ3v) is 3.74. The Morgan fingerprint density at radius 1 is 1.39 bits per heavy atom. The number of halogens is 1. The summed E-state index contributed by atoms with van der Waals surface area (Å²) in [4.78, 5) is 12.3. The minimum atomic E-state index is -0.460. The highest BCUT2D eigenvalue weighted by Gasteiger charge is 2.14. The van der Waals surface area contributed by atoms with Crippen molar-refractivity contribution < 1.29 is 4.79 Å². The Kier molecular flexibility index (Phi) is 5.20. The number of amides is 1. The Bertz CT molecular complexity index is 797. The molecule has 0 aliphatic carbocycles. The van der Waals surface area contributed by atoms with E-state index in [1.807, 2.05) is 31.5 Å². The first-order chi connectivity index (χ1) is 11.0. The van der Waals surface area contributed by atoms with Gasteiger partial charge in [0.05, 0.1) is 5.69 Å². The molecule has 0 aliphatic rings. The van der Waals surface area contributed by atoms with Crippen molar-refractivity contribution in [3.05, 3.63) is 51.8 Å². The fourth-order valence-corrected chi connectivity index (χ4v) is 2.38. The van der Waals surface area contributed by atoms with E-state index in [9.17, 15) is 10.1 Å². The predicted molar refractivity (Wildman–Crippen MR) is 91.0 cm³/mol. The molecule has 0 fully saturated rings. The number of anilines is 1. The van der Waals surface area contributed by atoms with Gasteiger partial charge in [-0.05, 0) is 51.1 Å². The summed E-state index contributed by atoms with van der Waals surface area (Å²) in [6, 6.07) is 8.66. The van der Waals surface area contributed by atoms with E-state index in [0.29, 0.717) is 10.7 Å². The van der Waals surface area contributed by atoms with Crippen LogP contribution < -0.4 is 5.32 Å². The molecule has 0 bridgehead atoms. The average molecular weight is 329 g/mol. The summed E-state index contributed by atoms with van der Waals surface area (Å²) in [5.74, 6) is -0.460. The van der Waals surface area contributed by atoms with Crippen LogP contribution in [-0.4, -0.2) is 15.7 Å². The average Bonchev–Trinajstić information content (AvgIpc) is 2.81. The molecule has 0 saturated heterocycles. The third-order valence-electron chi connectivity index (χ3n) is 3.49. The van der Waals surface area contributed by atoms with E-state index in [4.69, 9.17) is 11.6 Å². The molecule has 0 radical (unpaired) electrons. The summed E-state index contributed by atoms with van der Waals surface area (Å²) in [6.45, 7) is 6.50. The fourth-order valence-electron chi connectivity index (χ4n) is 2.25. The van der Waals surface area contributed by atoms with Gasteiger partial charge in [-0.3, -0.25) is 9.48 Å². The Balaban J connectivity index is 2.28. The van der Waals surface area contributed by atoms with E-state index in [-0.39, 0.29) is 5.57 Å². The Morgan fingerprint density at radius 3 is 2.57 bits per heavy atom. The molecule has 0 unspecified atom stereocenters. The minimum Gasteiger partial charge on any atom is -0.321 e. The van der Waals surface area contributed by atoms with E-state index in [1.165, 1.54) is 0 Å². The van der Waals surface area contributed by atoms with Crippen molar-refractivity contribution in [2.45, 2.75) is 27.3 Å². The van der Waals surface area contributed by atoms with E-state index in [1.54, 1.807) is 30.3 Å². The molecule has 118 valence electrons. The number of rotatable bonds is 4. The molecule has 0 aliphatic heterocycles. The summed E-state index contributed by atoms with van der Waals surface area (Å²) < 4.78 is 1.84. The molecule has 1 aromatic carbocycles. The molecule has 5 nitrogen and oxygen atoms in total. The number of carbonyl (C=O) groups is 1. The Hall–Kier alpha value is -2.58. The van der Waals surface area contributed by atoms with Crippen molar-refractivity contribution in [2.24, 2.45) is 0 Å². The Labute approximate surface area is 140 Å². The molecule has 0 saturated carbocycles. The number of aryl methyl sites for hydroxylation is 2. The highest BCUT2D eigenvalue weighted by atomic mass is 35.5. The first-order valence-corrected chi connectivity index (χ1v) is 7.56. The van der Waals surface area contributed by atoms with Crippen LogP contribution in [0, 0.1) is 25.2 Å². The van der Waals surface area contributed by atoms with E-state index >= 15 is 0 Å². The maximum absolute atomic E-state index is 12.3. The third kappa shape index (κ3) is 3.79. The molecular formula is C17H17ClN4O. The molecule has 0 atom stereocenters. The van der Waals surface area contributed by atoms with Gasteiger partial charge < -0.3 is 5.32 Å². The van der Waals surface area contributed by atoms with Gasteiger partial charge in [0.25, 0.3) is 5.91 Å². The highest BCUT2D eigenvalue weighted by molar-refractivity contribution is 6.30. The summed E-state index contributed by atoms with van der Waals surface area (Å²) in [7, 11) is 0. The maximum atomic E-state index is 12.3. The smallest absolute Gasteiger partial charge is 0.266 e. The molecule has 6 heteroatoms. The standard InChI is InChI=1S/C17H17ClN4O/c1-4-22-12(3)16(11(2)21-22)9-13(10-19)17(23)20-15-7-5-14(18)6-8-15/h5-9H,4H2,1-3H3,(H,20,23)/b13-9+. The number of benzene rings is 1. The van der Waals surface area contributed by atoms with Gasteiger partial charge in [0.2, 0.25) is 0 Å². The first kappa shape index (κ1) is 16.8. The van der Waals surface area contributed by atoms with Crippen LogP contribution in [0.2, 0.25) is 5.02 Å². The van der Waals surface area contributed by atoms with Crippen LogP contribution in [0.5, 0.6) is 0 Å². The molecule has 23 heavy (non-hydrogen) atoms. The van der Waals surface area contributed by atoms with Crippen LogP contribution in [0.4, 0.5) is 5.69 Å². The second-order valence-electron chi connectivity index (χ2n) is 5.03. The van der Waals surface area contributed by atoms with Gasteiger partial charge in [0.1, 0.15) is 11.6 Å². The van der Waals surface area contributed by atoms with Crippen molar-refractivity contribution in [3.63, 3.8) is 0 Å². The van der Waals surface area contributed by atoms with Gasteiger partial charge in [0.15, 0.2) is 0 Å². The number of hydrogen-bond donors (Lipinski definition) is 1. The minimum absolute atomic E-state index is 0.0294. The van der Waals surface area contributed by atoms with Crippen molar-refractivity contribution in [1.82, 2.24) is 9.78 Å². The fraction of sp³-hybridized carbons (Fsp3) is 0.235. The van der Waals surface area contributed by atoms with Crippen LogP contribution in [0.25, 0.3) is 6.08 Å². The molecule has 2 aromatic rings. The molecule has 0 spiro atoms. The van der Waals surface area contributed by atoms with E-state index < -0.39 is 5.91 Å². The quantitative estimate of drug-likeness (QED) is 0.687. The second-order valence-corrected chi connectivity index (χ2v) is 5.47. The zero-order chi connectivity index (χ0) is 17.0. The molecule has 1 amide bonds. The largest absolute Gasteiger partial charge is 0.321 e. The lowest BCUT2D eigenvalue weighted by atomic mass is 10.1. The van der Waals surface area contributed by atoms with Gasteiger partial charge in [-0.25, -0.2) is 0 Å². The first-order valence-electron chi connectivity index (χ1n) is 7.19. The molecule has 1 N–H and O–H groups in total. The lowest BCUT2D eigenvalue weighted by molar-refractivity contribution is -0.112. The van der Waals surface area contributed by atoms with Crippen molar-refractivity contribution >= 4 is 29.3 Å². The van der Waals surface area contributed by atoms with Gasteiger partial charge >= 0.3 is 0 Å². The zero-order valence-corrected chi connectivity index (χ0v) is 14.0. The second kappa shape index (κ2) is 7.12. The number of nitrogens with one attached hydrogen (secondary N) is 1. The van der Waals surface area contributed by atoms with Crippen LogP contribution in [0.1, 0.15) is 23.9 Å². The Morgan fingerprint density at radius 2 is 2.04 bits per heavy atom. The van der Waals surface area contributed by atoms with Crippen LogP contribution in [0.3, 0.4) is 0 Å². The number of carbonyl (C=O) groups excluding carboxylic acids is 1. The number of hydrogen-bond acceptors (Lipinski definition) is 3. The van der Waals surface area contributed by atoms with Crippen molar-refractivity contribution in [3.8, 4) is 6.07 Å². The van der Waals surface area contributed by atoms with Gasteiger partial charge in [-0.2, -0.15) is 10.4 Å². The van der Waals surface area contributed by atoms with Crippen LogP contribution in [-0.2, 0) is 11.3 Å². The lowest BCUT2D eigenvalue weighted by Gasteiger charge is -2.04. The topological polar surface area (TPSA) is 70.7 Å². The SMILES string of the molecule is CCn1nc(C)c(/C=C(\C#N)C(=O)Nc2ccc(Cl)cc2)c1C.